The van der Waals surface area contributed by atoms with Crippen molar-refractivity contribution in [1.29, 1.82) is 0 Å². The average molecular weight is 335 g/mol. The Morgan fingerprint density at radius 2 is 2.12 bits per heavy atom. The van der Waals surface area contributed by atoms with Crippen molar-refractivity contribution in [3.63, 3.8) is 0 Å². The Labute approximate surface area is 140 Å². The maximum atomic E-state index is 12.3. The molecule has 7 heteroatoms. The molecule has 1 amide bonds. The molecule has 1 aromatic rings. The summed E-state index contributed by atoms with van der Waals surface area (Å²) in [5.74, 6) is -0.200. The third-order valence-electron chi connectivity index (χ3n) is 5.48. The minimum absolute atomic E-state index is 0.0554. The lowest BCUT2D eigenvalue weighted by Crippen LogP contribution is -2.65. The number of rotatable bonds is 5. The van der Waals surface area contributed by atoms with Gasteiger partial charge >= 0.3 is 5.69 Å². The van der Waals surface area contributed by atoms with E-state index in [0.29, 0.717) is 6.61 Å². The molecule has 3 rings (SSSR count). The van der Waals surface area contributed by atoms with Gasteiger partial charge in [0.15, 0.2) is 0 Å². The molecule has 2 aliphatic rings. The van der Waals surface area contributed by atoms with Crippen LogP contribution in [0.5, 0.6) is 0 Å². The van der Waals surface area contributed by atoms with Crippen molar-refractivity contribution in [2.45, 2.75) is 64.1 Å². The second-order valence-electron chi connectivity index (χ2n) is 6.83. The highest BCUT2D eigenvalue weighted by Gasteiger charge is 2.56. The molecule has 1 aromatic heterocycles. The number of nitrogens with zero attached hydrogens (tertiary/aromatic N) is 1. The maximum Gasteiger partial charge on any atom is 0.328 e. The molecular formula is C17H25N3O4. The minimum atomic E-state index is -0.564. The predicted molar refractivity (Wildman–Crippen MR) is 88.8 cm³/mol. The van der Waals surface area contributed by atoms with E-state index in [1.165, 1.54) is 36.1 Å². The van der Waals surface area contributed by atoms with Crippen molar-refractivity contribution in [3.8, 4) is 0 Å². The number of H-pyrrole nitrogens is 1. The minimum Gasteiger partial charge on any atom is -0.378 e. The second-order valence-corrected chi connectivity index (χ2v) is 6.83. The Bertz CT molecular complexity index is 702. The molecule has 2 atom stereocenters. The highest BCUT2D eigenvalue weighted by atomic mass is 16.5. The first-order valence-corrected chi connectivity index (χ1v) is 8.76. The summed E-state index contributed by atoms with van der Waals surface area (Å²) in [7, 11) is 0. The molecule has 1 spiro atoms. The Kier molecular flexibility index (Phi) is 4.89. The summed E-state index contributed by atoms with van der Waals surface area (Å²) in [4.78, 5) is 37.3. The number of aromatic nitrogens is 2. The maximum absolute atomic E-state index is 12.3. The van der Waals surface area contributed by atoms with Gasteiger partial charge in [-0.1, -0.05) is 19.3 Å². The van der Waals surface area contributed by atoms with Crippen molar-refractivity contribution in [2.24, 2.45) is 5.41 Å². The van der Waals surface area contributed by atoms with Crippen LogP contribution in [-0.4, -0.2) is 34.2 Å². The number of nitrogens with one attached hydrogen (secondary N) is 2. The van der Waals surface area contributed by atoms with Gasteiger partial charge in [-0.2, -0.15) is 0 Å². The van der Waals surface area contributed by atoms with Crippen molar-refractivity contribution in [2.75, 3.05) is 6.61 Å². The summed E-state index contributed by atoms with van der Waals surface area (Å²) < 4.78 is 7.10. The number of carbonyl (C=O) groups excluding carboxylic acids is 1. The largest absolute Gasteiger partial charge is 0.378 e. The van der Waals surface area contributed by atoms with Gasteiger partial charge in [-0.3, -0.25) is 19.1 Å². The standard InChI is InChI=1S/C17H25N3O4/c1-2-24-13-10-12(17(13)7-4-3-5-8-17)18-15(22)11-20-9-6-14(21)19-16(20)23/h6,9,12-13H,2-5,7-8,10-11H2,1H3,(H,18,22)(H,19,21,23)/t12-,13-/m0/s1. The molecule has 0 aliphatic heterocycles. The van der Waals surface area contributed by atoms with Gasteiger partial charge in [0.05, 0.1) is 6.10 Å². The first-order chi connectivity index (χ1) is 11.5. The van der Waals surface area contributed by atoms with E-state index in [0.717, 1.165) is 19.3 Å². The number of carbonyl (C=O) groups is 1. The Balaban J connectivity index is 1.65. The normalized spacial score (nSPS) is 25.2. The van der Waals surface area contributed by atoms with Gasteiger partial charge in [0.25, 0.3) is 5.56 Å². The van der Waals surface area contributed by atoms with Crippen LogP contribution in [0.25, 0.3) is 0 Å². The molecule has 24 heavy (non-hydrogen) atoms. The third-order valence-corrected chi connectivity index (χ3v) is 5.48. The molecular weight excluding hydrogens is 310 g/mol. The monoisotopic (exact) mass is 335 g/mol. The smallest absolute Gasteiger partial charge is 0.328 e. The highest BCUT2D eigenvalue weighted by Crippen LogP contribution is 2.53. The van der Waals surface area contributed by atoms with Crippen LogP contribution < -0.4 is 16.6 Å². The van der Waals surface area contributed by atoms with Crippen molar-refractivity contribution >= 4 is 5.91 Å². The molecule has 0 aromatic carbocycles. The lowest BCUT2D eigenvalue weighted by molar-refractivity contribution is -0.157. The Morgan fingerprint density at radius 3 is 2.79 bits per heavy atom. The molecule has 0 saturated heterocycles. The van der Waals surface area contributed by atoms with Gasteiger partial charge in [-0.15, -0.1) is 0 Å². The first kappa shape index (κ1) is 17.0. The van der Waals surface area contributed by atoms with E-state index in [9.17, 15) is 14.4 Å². The van der Waals surface area contributed by atoms with Crippen molar-refractivity contribution in [3.05, 3.63) is 33.1 Å². The molecule has 0 bridgehead atoms. The zero-order chi connectivity index (χ0) is 17.2. The summed E-state index contributed by atoms with van der Waals surface area (Å²) in [6, 6.07) is 1.35. The topological polar surface area (TPSA) is 93.2 Å². The van der Waals surface area contributed by atoms with E-state index < -0.39 is 11.2 Å². The number of aromatic amines is 1. The summed E-state index contributed by atoms with van der Waals surface area (Å²) in [5, 5.41) is 3.08. The zero-order valence-corrected chi connectivity index (χ0v) is 14.0. The summed E-state index contributed by atoms with van der Waals surface area (Å²) >= 11 is 0. The van der Waals surface area contributed by atoms with Crippen LogP contribution in [0.4, 0.5) is 0 Å². The van der Waals surface area contributed by atoms with Crippen LogP contribution in [0, 0.1) is 5.41 Å². The number of hydrogen-bond donors (Lipinski definition) is 2. The van der Waals surface area contributed by atoms with Gasteiger partial charge in [0.2, 0.25) is 5.91 Å². The Hall–Kier alpha value is -1.89. The second kappa shape index (κ2) is 6.93. The van der Waals surface area contributed by atoms with E-state index in [4.69, 9.17) is 4.74 Å². The molecule has 2 fully saturated rings. The predicted octanol–water partition coefficient (Wildman–Crippen LogP) is 0.781. The van der Waals surface area contributed by atoms with Gasteiger partial charge in [-0.05, 0) is 26.2 Å². The van der Waals surface area contributed by atoms with Crippen LogP contribution in [0.3, 0.4) is 0 Å². The van der Waals surface area contributed by atoms with Crippen molar-refractivity contribution < 1.29 is 9.53 Å². The van der Waals surface area contributed by atoms with Crippen LogP contribution in [-0.2, 0) is 16.1 Å². The molecule has 2 saturated carbocycles. The van der Waals surface area contributed by atoms with E-state index >= 15 is 0 Å². The lowest BCUT2D eigenvalue weighted by atomic mass is 9.55. The van der Waals surface area contributed by atoms with Crippen LogP contribution in [0.2, 0.25) is 0 Å². The number of ether oxygens (including phenoxy) is 1. The van der Waals surface area contributed by atoms with E-state index in [2.05, 4.69) is 10.3 Å². The third kappa shape index (κ3) is 3.17. The quantitative estimate of drug-likeness (QED) is 0.831. The fraction of sp³-hybridized carbons (Fsp3) is 0.706. The number of hydrogen-bond acceptors (Lipinski definition) is 4. The fourth-order valence-electron chi connectivity index (χ4n) is 4.23. The molecule has 7 nitrogen and oxygen atoms in total. The Morgan fingerprint density at radius 1 is 1.38 bits per heavy atom. The van der Waals surface area contributed by atoms with Crippen LogP contribution >= 0.6 is 0 Å². The fourth-order valence-corrected chi connectivity index (χ4v) is 4.23. The molecule has 1 heterocycles. The zero-order valence-electron chi connectivity index (χ0n) is 14.0. The molecule has 2 aliphatic carbocycles. The van der Waals surface area contributed by atoms with Gasteiger partial charge in [-0.25, -0.2) is 4.79 Å². The SMILES string of the molecule is CCO[C@H]1C[C@H](NC(=O)Cn2ccc(=O)[nH]c2=O)C12CCCCC2. The van der Waals surface area contributed by atoms with Gasteiger partial charge in [0.1, 0.15) is 6.54 Å². The average Bonchev–Trinajstić information content (AvgIpc) is 2.57. The first-order valence-electron chi connectivity index (χ1n) is 8.76. The van der Waals surface area contributed by atoms with E-state index in [1.54, 1.807) is 0 Å². The summed E-state index contributed by atoms with van der Waals surface area (Å²) in [5.41, 5.74) is -0.970. The van der Waals surface area contributed by atoms with E-state index in [-0.39, 0.29) is 30.0 Å². The van der Waals surface area contributed by atoms with E-state index in [1.807, 2.05) is 6.92 Å². The molecule has 132 valence electrons. The van der Waals surface area contributed by atoms with Gasteiger partial charge < -0.3 is 10.1 Å². The van der Waals surface area contributed by atoms with Crippen molar-refractivity contribution in [1.82, 2.24) is 14.9 Å². The molecule has 0 radical (unpaired) electrons. The lowest BCUT2D eigenvalue weighted by Gasteiger charge is -2.57. The molecule has 2 N–H and O–H groups in total. The number of amides is 1. The van der Waals surface area contributed by atoms with Gasteiger partial charge in [0, 0.05) is 30.3 Å². The van der Waals surface area contributed by atoms with Crippen LogP contribution in [0.1, 0.15) is 45.4 Å². The molecule has 0 unspecified atom stereocenters. The van der Waals surface area contributed by atoms with Crippen LogP contribution in [0.15, 0.2) is 21.9 Å². The summed E-state index contributed by atoms with van der Waals surface area (Å²) in [6.45, 7) is 2.62. The highest BCUT2D eigenvalue weighted by molar-refractivity contribution is 5.76. The summed E-state index contributed by atoms with van der Waals surface area (Å²) in [6.07, 6.45) is 8.17.